The van der Waals surface area contributed by atoms with Gasteiger partial charge < -0.3 is 10.3 Å². The van der Waals surface area contributed by atoms with E-state index in [0.717, 1.165) is 22.9 Å². The zero-order valence-electron chi connectivity index (χ0n) is 21.6. The molecule has 11 heteroatoms. The molecule has 0 radical (unpaired) electrons. The van der Waals surface area contributed by atoms with E-state index in [-0.39, 0.29) is 22.1 Å². The third-order valence-corrected chi connectivity index (χ3v) is 9.94. The topological polar surface area (TPSA) is 112 Å². The van der Waals surface area contributed by atoms with Crippen LogP contribution in [0.5, 0.6) is 0 Å². The van der Waals surface area contributed by atoms with Gasteiger partial charge in [-0.1, -0.05) is 63.7 Å². The predicted octanol–water partition coefficient (Wildman–Crippen LogP) is 5.54. The lowest BCUT2D eigenvalue weighted by Gasteiger charge is -2.18. The number of aromatic nitrogens is 2. The number of anilines is 1. The second-order valence-electron chi connectivity index (χ2n) is 8.93. The van der Waals surface area contributed by atoms with E-state index < -0.39 is 10.0 Å². The van der Waals surface area contributed by atoms with Gasteiger partial charge in [0.1, 0.15) is 4.83 Å². The van der Waals surface area contributed by atoms with Gasteiger partial charge in [0.15, 0.2) is 5.16 Å². The van der Waals surface area contributed by atoms with Crippen molar-refractivity contribution < 1.29 is 13.2 Å². The first-order valence-electron chi connectivity index (χ1n) is 12.3. The summed E-state index contributed by atoms with van der Waals surface area (Å²) in [5.41, 5.74) is 3.28. The molecule has 0 fully saturated rings. The van der Waals surface area contributed by atoms with Crippen molar-refractivity contribution in [2.45, 2.75) is 43.7 Å². The van der Waals surface area contributed by atoms with Crippen molar-refractivity contribution in [1.82, 2.24) is 14.3 Å². The van der Waals surface area contributed by atoms with Crippen molar-refractivity contribution in [3.05, 3.63) is 69.8 Å². The van der Waals surface area contributed by atoms with Crippen molar-refractivity contribution in [3.63, 3.8) is 0 Å². The van der Waals surface area contributed by atoms with E-state index >= 15 is 0 Å². The van der Waals surface area contributed by atoms with E-state index in [2.05, 4.69) is 41.3 Å². The van der Waals surface area contributed by atoms with Crippen LogP contribution in [0.1, 0.15) is 39.2 Å². The Bertz CT molecular complexity index is 1590. The molecule has 2 aromatic carbocycles. The second kappa shape index (κ2) is 11.8. The number of sulfonamides is 1. The summed E-state index contributed by atoms with van der Waals surface area (Å²) in [7, 11) is -3.56. The van der Waals surface area contributed by atoms with Crippen LogP contribution in [0.2, 0.25) is 0 Å². The Morgan fingerprint density at radius 3 is 2.34 bits per heavy atom. The highest BCUT2D eigenvalue weighted by Gasteiger charge is 2.21. The van der Waals surface area contributed by atoms with Gasteiger partial charge in [0.05, 0.1) is 16.0 Å². The number of amides is 1. The number of benzene rings is 2. The first kappa shape index (κ1) is 28.0. The predicted molar refractivity (Wildman–Crippen MR) is 156 cm³/mol. The van der Waals surface area contributed by atoms with Crippen LogP contribution in [0.4, 0.5) is 5.69 Å². The molecule has 0 saturated carbocycles. The average molecular weight is 571 g/mol. The summed E-state index contributed by atoms with van der Waals surface area (Å²) in [6.45, 7) is 8.62. The van der Waals surface area contributed by atoms with Crippen LogP contribution in [0.25, 0.3) is 21.3 Å². The van der Waals surface area contributed by atoms with Crippen LogP contribution in [0.3, 0.4) is 0 Å². The third-order valence-electron chi connectivity index (χ3n) is 6.13. The van der Waals surface area contributed by atoms with Gasteiger partial charge in [0.2, 0.25) is 15.9 Å². The van der Waals surface area contributed by atoms with E-state index in [1.165, 1.54) is 33.3 Å². The van der Waals surface area contributed by atoms with Crippen molar-refractivity contribution in [1.29, 1.82) is 0 Å². The molecule has 2 heterocycles. The van der Waals surface area contributed by atoms with E-state index in [9.17, 15) is 18.0 Å². The van der Waals surface area contributed by atoms with Gasteiger partial charge in [-0.3, -0.25) is 9.59 Å². The number of carbonyl (C=O) groups excluding carboxylic acids is 1. The molecule has 38 heavy (non-hydrogen) atoms. The maximum absolute atomic E-state index is 12.9. The number of aromatic amines is 1. The number of nitrogens with one attached hydrogen (secondary N) is 2. The summed E-state index contributed by atoms with van der Waals surface area (Å²) in [5, 5.41) is 5.59. The number of nitrogens with zero attached hydrogens (tertiary/aromatic N) is 2. The molecule has 0 aliphatic carbocycles. The molecule has 1 amide bonds. The number of fused-ring (bicyclic) bond motifs is 1. The number of H-pyrrole nitrogens is 1. The first-order valence-corrected chi connectivity index (χ1v) is 15.6. The van der Waals surface area contributed by atoms with Crippen LogP contribution in [0, 0.1) is 0 Å². The van der Waals surface area contributed by atoms with Gasteiger partial charge in [-0.15, -0.1) is 11.3 Å². The largest absolute Gasteiger partial charge is 0.325 e. The molecule has 0 spiro atoms. The lowest BCUT2D eigenvalue weighted by Crippen LogP contribution is -2.30. The van der Waals surface area contributed by atoms with Gasteiger partial charge in [-0.05, 0) is 41.3 Å². The zero-order chi connectivity index (χ0) is 27.4. The van der Waals surface area contributed by atoms with E-state index in [4.69, 9.17) is 0 Å². The normalized spacial score (nSPS) is 11.9. The average Bonchev–Trinajstić information content (AvgIpc) is 3.33. The third kappa shape index (κ3) is 6.01. The van der Waals surface area contributed by atoms with Crippen molar-refractivity contribution >= 4 is 54.9 Å². The van der Waals surface area contributed by atoms with E-state index in [0.29, 0.717) is 40.1 Å². The Morgan fingerprint density at radius 1 is 1.08 bits per heavy atom. The molecule has 2 aromatic heterocycles. The van der Waals surface area contributed by atoms with Crippen LogP contribution >= 0.6 is 23.1 Å². The lowest BCUT2D eigenvalue weighted by molar-refractivity contribution is -0.113. The zero-order valence-corrected chi connectivity index (χ0v) is 24.1. The summed E-state index contributed by atoms with van der Waals surface area (Å²) in [4.78, 5) is 33.6. The van der Waals surface area contributed by atoms with E-state index in [1.54, 1.807) is 26.0 Å². The summed E-state index contributed by atoms with van der Waals surface area (Å²) in [5.74, 6) is 0.162. The van der Waals surface area contributed by atoms with Gasteiger partial charge in [-0.25, -0.2) is 13.4 Å². The fraction of sp³-hybridized carbons (Fsp3) is 0.296. The molecule has 0 aliphatic heterocycles. The monoisotopic (exact) mass is 570 g/mol. The van der Waals surface area contributed by atoms with Gasteiger partial charge in [-0.2, -0.15) is 4.31 Å². The standard InChI is InChI=1S/C27H30N4O4S3/c1-5-31(6-2)38(34,35)21-13-11-20(12-14-21)28-23(32)16-37-27-29-25(33)24-22(15-36-26(24)30-27)19-9-7-18(8-10-19)17(3)4/h7-15,17H,5-6,16H2,1-4H3,(H,28,32)(H,29,30,33). The van der Waals surface area contributed by atoms with E-state index in [1.807, 2.05) is 17.5 Å². The van der Waals surface area contributed by atoms with Crippen LogP contribution in [-0.2, 0) is 14.8 Å². The highest BCUT2D eigenvalue weighted by molar-refractivity contribution is 7.99. The summed E-state index contributed by atoms with van der Waals surface area (Å²) >= 11 is 2.52. The summed E-state index contributed by atoms with van der Waals surface area (Å²) in [6.07, 6.45) is 0. The van der Waals surface area contributed by atoms with Crippen LogP contribution in [-0.4, -0.2) is 47.4 Å². The maximum atomic E-state index is 12.9. The molecule has 0 unspecified atom stereocenters. The number of thiophene rings is 1. The summed E-state index contributed by atoms with van der Waals surface area (Å²) < 4.78 is 26.6. The molecular weight excluding hydrogens is 541 g/mol. The smallest absolute Gasteiger partial charge is 0.260 e. The lowest BCUT2D eigenvalue weighted by atomic mass is 9.99. The van der Waals surface area contributed by atoms with Gasteiger partial charge in [0.25, 0.3) is 5.56 Å². The Balaban J connectivity index is 1.42. The quantitative estimate of drug-likeness (QED) is 0.191. The minimum absolute atomic E-state index is 0.0306. The maximum Gasteiger partial charge on any atom is 0.260 e. The molecule has 0 bridgehead atoms. The van der Waals surface area contributed by atoms with Crippen molar-refractivity contribution in [2.24, 2.45) is 0 Å². The fourth-order valence-corrected chi connectivity index (χ4v) is 7.14. The first-order chi connectivity index (χ1) is 18.1. The molecule has 4 aromatic rings. The minimum atomic E-state index is -3.56. The number of rotatable bonds is 10. The number of hydrogen-bond acceptors (Lipinski definition) is 7. The number of thioether (sulfide) groups is 1. The molecule has 8 nitrogen and oxygen atoms in total. The van der Waals surface area contributed by atoms with Gasteiger partial charge >= 0.3 is 0 Å². The second-order valence-corrected chi connectivity index (χ2v) is 12.7. The fourth-order valence-electron chi connectivity index (χ4n) is 4.01. The minimum Gasteiger partial charge on any atom is -0.325 e. The van der Waals surface area contributed by atoms with Crippen LogP contribution < -0.4 is 10.9 Å². The number of carbonyl (C=O) groups is 1. The van der Waals surface area contributed by atoms with Gasteiger partial charge in [0, 0.05) is 29.7 Å². The Morgan fingerprint density at radius 2 is 1.74 bits per heavy atom. The molecule has 0 saturated heterocycles. The Hall–Kier alpha value is -2.99. The highest BCUT2D eigenvalue weighted by Crippen LogP contribution is 2.32. The Labute approximate surface area is 230 Å². The summed E-state index contributed by atoms with van der Waals surface area (Å²) in [6, 6.07) is 14.3. The highest BCUT2D eigenvalue weighted by atomic mass is 32.2. The molecule has 0 atom stereocenters. The molecule has 200 valence electrons. The number of hydrogen-bond donors (Lipinski definition) is 2. The van der Waals surface area contributed by atoms with Crippen molar-refractivity contribution in [2.75, 3.05) is 24.2 Å². The molecule has 0 aliphatic rings. The molecular formula is C27H30N4O4S3. The molecule has 4 rings (SSSR count). The Kier molecular flexibility index (Phi) is 8.71. The van der Waals surface area contributed by atoms with Crippen molar-refractivity contribution in [3.8, 4) is 11.1 Å². The SMILES string of the molecule is CCN(CC)S(=O)(=O)c1ccc(NC(=O)CSc2nc3scc(-c4ccc(C(C)C)cc4)c3c(=O)[nH]2)cc1. The molecule has 2 N–H and O–H groups in total. The van der Waals surface area contributed by atoms with Crippen LogP contribution in [0.15, 0.2) is 68.8 Å².